The summed E-state index contributed by atoms with van der Waals surface area (Å²) in [6, 6.07) is 13.7. The molecule has 0 heterocycles. The highest BCUT2D eigenvalue weighted by atomic mass is 16.5. The summed E-state index contributed by atoms with van der Waals surface area (Å²) in [5.41, 5.74) is 3.06. The third-order valence-electron chi connectivity index (χ3n) is 3.95. The molecule has 2 unspecified atom stereocenters. The molecule has 0 spiro atoms. The molecule has 2 aromatic carbocycles. The van der Waals surface area contributed by atoms with Crippen molar-refractivity contribution in [3.05, 3.63) is 59.2 Å². The Hall–Kier alpha value is -2.04. The fraction of sp³-hybridized carbons (Fsp3) is 0.368. The Morgan fingerprint density at radius 3 is 2.52 bits per heavy atom. The van der Waals surface area contributed by atoms with Crippen LogP contribution in [0.15, 0.2) is 42.5 Å². The van der Waals surface area contributed by atoms with E-state index in [1.807, 2.05) is 56.3 Å². The second-order valence-electron chi connectivity index (χ2n) is 5.67. The number of aliphatic hydroxyl groups is 1. The number of rotatable bonds is 7. The molecule has 2 aromatic rings. The van der Waals surface area contributed by atoms with Crippen molar-refractivity contribution in [1.82, 2.24) is 5.32 Å². The van der Waals surface area contributed by atoms with Gasteiger partial charge in [-0.2, -0.15) is 0 Å². The highest BCUT2D eigenvalue weighted by Crippen LogP contribution is 2.29. The first-order valence-corrected chi connectivity index (χ1v) is 7.75. The van der Waals surface area contributed by atoms with E-state index in [4.69, 9.17) is 9.47 Å². The molecule has 0 aliphatic carbocycles. The van der Waals surface area contributed by atoms with Gasteiger partial charge in [-0.05, 0) is 37.6 Å². The molecular formula is C19H25NO3. The number of hydrogen-bond donors (Lipinski definition) is 2. The second-order valence-corrected chi connectivity index (χ2v) is 5.67. The number of ether oxygens (including phenoxy) is 2. The molecular weight excluding hydrogens is 290 g/mol. The average Bonchev–Trinajstić information content (AvgIpc) is 2.58. The lowest BCUT2D eigenvalue weighted by atomic mass is 10.0. The maximum absolute atomic E-state index is 10.3. The Kier molecular flexibility index (Phi) is 6.02. The molecule has 0 fully saturated rings. The van der Waals surface area contributed by atoms with Gasteiger partial charge < -0.3 is 19.9 Å². The van der Waals surface area contributed by atoms with Crippen molar-refractivity contribution in [2.45, 2.75) is 26.0 Å². The predicted molar refractivity (Wildman–Crippen MR) is 92.1 cm³/mol. The largest absolute Gasteiger partial charge is 0.497 e. The minimum absolute atomic E-state index is 0.0273. The lowest BCUT2D eigenvalue weighted by Gasteiger charge is -2.20. The molecule has 4 heteroatoms. The summed E-state index contributed by atoms with van der Waals surface area (Å²) in [6.07, 6.45) is -0.547. The second kappa shape index (κ2) is 7.99. The Morgan fingerprint density at radius 1 is 1.09 bits per heavy atom. The standard InChI is InChI=1S/C19H25NO3/c1-13-6-5-7-15(10-13)18(21)12-20-14(2)17-11-16(22-3)8-9-19(17)23-4/h5-11,14,18,20-21H,12H2,1-4H3. The summed E-state index contributed by atoms with van der Waals surface area (Å²) in [5, 5.41) is 13.7. The topological polar surface area (TPSA) is 50.7 Å². The zero-order valence-corrected chi connectivity index (χ0v) is 14.2. The van der Waals surface area contributed by atoms with Gasteiger partial charge in [0.25, 0.3) is 0 Å². The molecule has 0 amide bonds. The van der Waals surface area contributed by atoms with Gasteiger partial charge in [0, 0.05) is 18.2 Å². The van der Waals surface area contributed by atoms with Crippen molar-refractivity contribution in [2.75, 3.05) is 20.8 Å². The predicted octanol–water partition coefficient (Wildman–Crippen LogP) is 3.40. The number of hydrogen-bond acceptors (Lipinski definition) is 4. The Bertz CT molecular complexity index is 642. The zero-order valence-electron chi connectivity index (χ0n) is 14.2. The lowest BCUT2D eigenvalue weighted by Crippen LogP contribution is -2.25. The van der Waals surface area contributed by atoms with Crippen LogP contribution in [0, 0.1) is 6.92 Å². The van der Waals surface area contributed by atoms with Crippen LogP contribution < -0.4 is 14.8 Å². The minimum atomic E-state index is -0.547. The van der Waals surface area contributed by atoms with Gasteiger partial charge in [0.1, 0.15) is 11.5 Å². The molecule has 2 rings (SSSR count). The summed E-state index contributed by atoms with van der Waals surface area (Å²) in [7, 11) is 3.30. The Labute approximate surface area is 138 Å². The van der Waals surface area contributed by atoms with E-state index in [0.717, 1.165) is 28.2 Å². The Morgan fingerprint density at radius 2 is 1.87 bits per heavy atom. The first-order valence-electron chi connectivity index (χ1n) is 7.75. The van der Waals surface area contributed by atoms with E-state index < -0.39 is 6.10 Å². The third kappa shape index (κ3) is 4.47. The summed E-state index contributed by atoms with van der Waals surface area (Å²) < 4.78 is 10.7. The van der Waals surface area contributed by atoms with Crippen LogP contribution in [0.1, 0.15) is 35.8 Å². The molecule has 23 heavy (non-hydrogen) atoms. The highest BCUT2D eigenvalue weighted by Gasteiger charge is 2.15. The molecule has 0 saturated carbocycles. The van der Waals surface area contributed by atoms with Gasteiger partial charge >= 0.3 is 0 Å². The molecule has 0 aliphatic rings. The number of methoxy groups -OCH3 is 2. The molecule has 0 bridgehead atoms. The van der Waals surface area contributed by atoms with Crippen LogP contribution in [0.25, 0.3) is 0 Å². The molecule has 2 atom stereocenters. The van der Waals surface area contributed by atoms with Crippen molar-refractivity contribution in [3.63, 3.8) is 0 Å². The van der Waals surface area contributed by atoms with Crippen LogP contribution in [-0.2, 0) is 0 Å². The van der Waals surface area contributed by atoms with Gasteiger partial charge in [-0.15, -0.1) is 0 Å². The molecule has 4 nitrogen and oxygen atoms in total. The van der Waals surface area contributed by atoms with Gasteiger partial charge in [-0.3, -0.25) is 0 Å². The van der Waals surface area contributed by atoms with Crippen molar-refractivity contribution in [1.29, 1.82) is 0 Å². The van der Waals surface area contributed by atoms with Crippen LogP contribution in [-0.4, -0.2) is 25.9 Å². The van der Waals surface area contributed by atoms with E-state index in [0.29, 0.717) is 6.54 Å². The van der Waals surface area contributed by atoms with Crippen molar-refractivity contribution >= 4 is 0 Å². The Balaban J connectivity index is 2.05. The summed E-state index contributed by atoms with van der Waals surface area (Å²) >= 11 is 0. The molecule has 0 radical (unpaired) electrons. The molecule has 0 aliphatic heterocycles. The van der Waals surface area contributed by atoms with Gasteiger partial charge in [0.05, 0.1) is 20.3 Å². The van der Waals surface area contributed by atoms with Crippen LogP contribution >= 0.6 is 0 Å². The SMILES string of the molecule is COc1ccc(OC)c(C(C)NCC(O)c2cccc(C)c2)c1. The van der Waals surface area contributed by atoms with Gasteiger partial charge in [0.15, 0.2) is 0 Å². The van der Waals surface area contributed by atoms with Gasteiger partial charge in [0.2, 0.25) is 0 Å². The summed E-state index contributed by atoms with van der Waals surface area (Å²) in [6.45, 7) is 4.53. The third-order valence-corrected chi connectivity index (χ3v) is 3.95. The molecule has 124 valence electrons. The fourth-order valence-electron chi connectivity index (χ4n) is 2.57. The molecule has 0 aromatic heterocycles. The fourth-order valence-corrected chi connectivity index (χ4v) is 2.57. The van der Waals surface area contributed by atoms with Crippen molar-refractivity contribution < 1.29 is 14.6 Å². The maximum Gasteiger partial charge on any atom is 0.123 e. The lowest BCUT2D eigenvalue weighted by molar-refractivity contribution is 0.170. The quantitative estimate of drug-likeness (QED) is 0.822. The van der Waals surface area contributed by atoms with E-state index in [1.54, 1.807) is 14.2 Å². The highest BCUT2D eigenvalue weighted by molar-refractivity contribution is 5.42. The van der Waals surface area contributed by atoms with Gasteiger partial charge in [-0.25, -0.2) is 0 Å². The van der Waals surface area contributed by atoms with E-state index >= 15 is 0 Å². The van der Waals surface area contributed by atoms with E-state index in [2.05, 4.69) is 5.32 Å². The number of nitrogens with one attached hydrogen (secondary N) is 1. The average molecular weight is 315 g/mol. The van der Waals surface area contributed by atoms with E-state index in [-0.39, 0.29) is 6.04 Å². The van der Waals surface area contributed by atoms with Gasteiger partial charge in [-0.1, -0.05) is 29.8 Å². The minimum Gasteiger partial charge on any atom is -0.497 e. The first kappa shape index (κ1) is 17.3. The zero-order chi connectivity index (χ0) is 16.8. The summed E-state index contributed by atoms with van der Waals surface area (Å²) in [4.78, 5) is 0. The number of benzene rings is 2. The van der Waals surface area contributed by atoms with E-state index in [9.17, 15) is 5.11 Å². The van der Waals surface area contributed by atoms with Crippen LogP contribution in [0.5, 0.6) is 11.5 Å². The maximum atomic E-state index is 10.3. The van der Waals surface area contributed by atoms with E-state index in [1.165, 1.54) is 0 Å². The monoisotopic (exact) mass is 315 g/mol. The van der Waals surface area contributed by atoms with Crippen LogP contribution in [0.2, 0.25) is 0 Å². The van der Waals surface area contributed by atoms with Crippen molar-refractivity contribution in [3.8, 4) is 11.5 Å². The van der Waals surface area contributed by atoms with Crippen LogP contribution in [0.3, 0.4) is 0 Å². The normalized spacial score (nSPS) is 13.4. The van der Waals surface area contributed by atoms with Crippen LogP contribution in [0.4, 0.5) is 0 Å². The number of aliphatic hydroxyl groups excluding tert-OH is 1. The van der Waals surface area contributed by atoms with Crippen molar-refractivity contribution in [2.24, 2.45) is 0 Å². The smallest absolute Gasteiger partial charge is 0.123 e. The first-order chi connectivity index (χ1) is 11.0. The summed E-state index contributed by atoms with van der Waals surface area (Å²) in [5.74, 6) is 1.59. The molecule has 0 saturated heterocycles. The number of aryl methyl sites for hydroxylation is 1. The molecule has 2 N–H and O–H groups in total.